The minimum absolute atomic E-state index is 0.178. The van der Waals surface area contributed by atoms with Crippen LogP contribution in [0.5, 0.6) is 0 Å². The lowest BCUT2D eigenvalue weighted by molar-refractivity contribution is -0.140. The molecule has 8 heteroatoms. The molecule has 0 saturated carbocycles. The molecule has 0 aliphatic carbocycles. The van der Waals surface area contributed by atoms with Crippen molar-refractivity contribution in [1.29, 1.82) is 0 Å². The Morgan fingerprint density at radius 2 is 1.77 bits per heavy atom. The van der Waals surface area contributed by atoms with Gasteiger partial charge in [0.25, 0.3) is 5.91 Å². The molecule has 1 aliphatic rings. The van der Waals surface area contributed by atoms with Crippen molar-refractivity contribution < 1.29 is 18.3 Å². The summed E-state index contributed by atoms with van der Waals surface area (Å²) in [5, 5.41) is 11.8. The summed E-state index contributed by atoms with van der Waals surface area (Å²) in [6.07, 6.45) is 2.47. The Labute approximate surface area is 175 Å². The minimum atomic E-state index is -3.73. The largest absolute Gasteiger partial charge is 0.378 e. The van der Waals surface area contributed by atoms with Crippen molar-refractivity contribution in [3.05, 3.63) is 72.6 Å². The van der Waals surface area contributed by atoms with Gasteiger partial charge in [0.1, 0.15) is 0 Å². The number of benzene rings is 2. The predicted octanol–water partition coefficient (Wildman–Crippen LogP) is 2.19. The van der Waals surface area contributed by atoms with Gasteiger partial charge < -0.3 is 10.0 Å². The third-order valence-corrected chi connectivity index (χ3v) is 7.33. The molecule has 1 atom stereocenters. The van der Waals surface area contributed by atoms with Crippen molar-refractivity contribution >= 4 is 26.7 Å². The molecule has 0 unspecified atom stereocenters. The summed E-state index contributed by atoms with van der Waals surface area (Å²) >= 11 is 0. The average Bonchev–Trinajstić information content (AvgIpc) is 3.05. The first-order valence-corrected chi connectivity index (χ1v) is 11.3. The quantitative estimate of drug-likeness (QED) is 0.692. The van der Waals surface area contributed by atoms with Gasteiger partial charge in [0.05, 0.1) is 4.90 Å². The lowest BCUT2D eigenvalue weighted by Gasteiger charge is -2.24. The van der Waals surface area contributed by atoms with Gasteiger partial charge in [0, 0.05) is 49.3 Å². The number of pyridine rings is 1. The van der Waals surface area contributed by atoms with Crippen LogP contribution in [0, 0.1) is 0 Å². The fraction of sp³-hybridized carbons (Fsp3) is 0.273. The summed E-state index contributed by atoms with van der Waals surface area (Å²) < 4.78 is 28.1. The molecular formula is C22H23N3O4S. The molecule has 0 bridgehead atoms. The number of carbonyl (C=O) groups excluding carboxylic acids is 1. The van der Waals surface area contributed by atoms with Crippen LogP contribution in [0.4, 0.5) is 0 Å². The fourth-order valence-corrected chi connectivity index (χ4v) is 5.45. The van der Waals surface area contributed by atoms with Gasteiger partial charge in [-0.15, -0.1) is 0 Å². The molecule has 3 aromatic rings. The van der Waals surface area contributed by atoms with Gasteiger partial charge in [-0.25, -0.2) is 8.42 Å². The Kier molecular flexibility index (Phi) is 5.80. The Morgan fingerprint density at radius 1 is 0.967 bits per heavy atom. The Morgan fingerprint density at radius 3 is 2.57 bits per heavy atom. The molecule has 156 valence electrons. The molecule has 30 heavy (non-hydrogen) atoms. The summed E-state index contributed by atoms with van der Waals surface area (Å²) in [4.78, 5) is 18.6. The molecule has 0 spiro atoms. The number of aliphatic hydroxyl groups is 1. The molecule has 1 aromatic heterocycles. The fourth-order valence-electron chi connectivity index (χ4n) is 3.76. The second kappa shape index (κ2) is 8.51. The van der Waals surface area contributed by atoms with Crippen LogP contribution in [-0.2, 0) is 14.8 Å². The number of nitrogens with zero attached hydrogens (tertiary/aromatic N) is 3. The highest BCUT2D eigenvalue weighted by Crippen LogP contribution is 2.26. The number of fused-ring (bicyclic) bond motifs is 1. The smallest absolute Gasteiger partial charge is 0.256 e. The molecule has 1 fully saturated rings. The van der Waals surface area contributed by atoms with Crippen LogP contribution in [0.3, 0.4) is 0 Å². The first-order valence-electron chi connectivity index (χ1n) is 9.83. The van der Waals surface area contributed by atoms with Gasteiger partial charge >= 0.3 is 0 Å². The van der Waals surface area contributed by atoms with Gasteiger partial charge in [-0.3, -0.25) is 9.78 Å². The van der Waals surface area contributed by atoms with Crippen LogP contribution >= 0.6 is 0 Å². The van der Waals surface area contributed by atoms with Crippen LogP contribution in [-0.4, -0.2) is 59.8 Å². The van der Waals surface area contributed by atoms with Gasteiger partial charge in [0.2, 0.25) is 10.0 Å². The zero-order valence-corrected chi connectivity index (χ0v) is 17.2. The van der Waals surface area contributed by atoms with Crippen molar-refractivity contribution in [2.24, 2.45) is 0 Å². The first kappa shape index (κ1) is 20.5. The monoisotopic (exact) mass is 425 g/mol. The Hall–Kier alpha value is -2.81. The van der Waals surface area contributed by atoms with Crippen molar-refractivity contribution in [2.45, 2.75) is 17.4 Å². The minimum Gasteiger partial charge on any atom is -0.378 e. The third kappa shape index (κ3) is 3.94. The molecule has 2 heterocycles. The number of aromatic nitrogens is 1. The maximum atomic E-state index is 13.3. The van der Waals surface area contributed by atoms with E-state index in [1.165, 1.54) is 4.31 Å². The highest BCUT2D eigenvalue weighted by atomic mass is 32.2. The van der Waals surface area contributed by atoms with E-state index in [1.807, 2.05) is 12.1 Å². The maximum Gasteiger partial charge on any atom is 0.256 e. The number of amides is 1. The van der Waals surface area contributed by atoms with Gasteiger partial charge in [0.15, 0.2) is 6.10 Å². The zero-order valence-electron chi connectivity index (χ0n) is 16.4. The van der Waals surface area contributed by atoms with E-state index in [0.717, 1.165) is 5.39 Å². The van der Waals surface area contributed by atoms with Crippen LogP contribution < -0.4 is 0 Å². The molecule has 1 saturated heterocycles. The standard InChI is InChI=1S/C22H23N3O4S/c26-21(17-6-2-1-3-7-17)22(27)24-12-5-13-25(15-14-24)30(28,29)20-9-4-8-18-16-23-11-10-19(18)20/h1-4,6-11,16,21,26H,5,12-15H2/t21-/m1/s1. The van der Waals surface area contributed by atoms with Crippen molar-refractivity contribution in [3.8, 4) is 0 Å². The van der Waals surface area contributed by atoms with E-state index >= 15 is 0 Å². The maximum absolute atomic E-state index is 13.3. The molecular weight excluding hydrogens is 402 g/mol. The van der Waals surface area contributed by atoms with Crippen molar-refractivity contribution in [2.75, 3.05) is 26.2 Å². The number of rotatable bonds is 4. The number of hydrogen-bond donors (Lipinski definition) is 1. The zero-order chi connectivity index (χ0) is 21.1. The van der Waals surface area contributed by atoms with E-state index in [4.69, 9.17) is 0 Å². The average molecular weight is 426 g/mol. The number of aliphatic hydroxyl groups excluding tert-OH is 1. The van der Waals surface area contributed by atoms with Crippen molar-refractivity contribution in [3.63, 3.8) is 0 Å². The SMILES string of the molecule is O=C([C@H](O)c1ccccc1)N1CCCN(S(=O)(=O)c2cccc3cnccc23)CC1. The number of sulfonamides is 1. The van der Waals surface area contributed by atoms with Crippen LogP contribution in [0.2, 0.25) is 0 Å². The lowest BCUT2D eigenvalue weighted by atomic mass is 10.1. The number of hydrogen-bond acceptors (Lipinski definition) is 5. The summed E-state index contributed by atoms with van der Waals surface area (Å²) in [6, 6.07) is 15.6. The topological polar surface area (TPSA) is 90.8 Å². The molecule has 1 N–H and O–H groups in total. The summed E-state index contributed by atoms with van der Waals surface area (Å²) in [6.45, 7) is 1.12. The predicted molar refractivity (Wildman–Crippen MR) is 113 cm³/mol. The first-order chi connectivity index (χ1) is 14.5. The van der Waals surface area contributed by atoms with E-state index in [-0.39, 0.29) is 18.0 Å². The molecule has 4 rings (SSSR count). The molecule has 2 aromatic carbocycles. The van der Waals surface area contributed by atoms with Crippen LogP contribution in [0.15, 0.2) is 71.9 Å². The lowest BCUT2D eigenvalue weighted by Crippen LogP contribution is -2.39. The molecule has 7 nitrogen and oxygen atoms in total. The highest BCUT2D eigenvalue weighted by Gasteiger charge is 2.31. The van der Waals surface area contributed by atoms with E-state index in [9.17, 15) is 18.3 Å². The third-order valence-electron chi connectivity index (χ3n) is 5.37. The van der Waals surface area contributed by atoms with Crippen LogP contribution in [0.25, 0.3) is 10.8 Å². The second-order valence-electron chi connectivity index (χ2n) is 7.25. The number of carbonyl (C=O) groups is 1. The van der Waals surface area contributed by atoms with Gasteiger partial charge in [-0.2, -0.15) is 4.31 Å². The molecule has 0 radical (unpaired) electrons. The van der Waals surface area contributed by atoms with Crippen molar-refractivity contribution in [1.82, 2.24) is 14.2 Å². The highest BCUT2D eigenvalue weighted by molar-refractivity contribution is 7.89. The van der Waals surface area contributed by atoms with Gasteiger partial charge in [-0.05, 0) is 24.1 Å². The van der Waals surface area contributed by atoms with E-state index in [2.05, 4.69) is 4.98 Å². The molecule has 1 amide bonds. The molecule has 1 aliphatic heterocycles. The van der Waals surface area contributed by atoms with Gasteiger partial charge in [-0.1, -0.05) is 42.5 Å². The normalized spacial score (nSPS) is 16.9. The Bertz CT molecular complexity index is 1150. The Balaban J connectivity index is 1.53. The van der Waals surface area contributed by atoms with E-state index < -0.39 is 22.0 Å². The summed E-state index contributed by atoms with van der Waals surface area (Å²) in [5.41, 5.74) is 0.528. The summed E-state index contributed by atoms with van der Waals surface area (Å²) in [7, 11) is -3.73. The van der Waals surface area contributed by atoms with E-state index in [0.29, 0.717) is 30.5 Å². The van der Waals surface area contributed by atoms with Crippen LogP contribution in [0.1, 0.15) is 18.1 Å². The second-order valence-corrected chi connectivity index (χ2v) is 9.16. The van der Waals surface area contributed by atoms with E-state index in [1.54, 1.807) is 59.8 Å². The summed E-state index contributed by atoms with van der Waals surface area (Å²) in [5.74, 6) is -0.406.